The van der Waals surface area contributed by atoms with Gasteiger partial charge in [0.2, 0.25) is 0 Å². The van der Waals surface area contributed by atoms with Crippen LogP contribution >= 0.6 is 0 Å². The van der Waals surface area contributed by atoms with E-state index in [0.717, 1.165) is 0 Å². The number of rotatable bonds is 2. The third-order valence-electron chi connectivity index (χ3n) is 2.38. The number of carbonyl (C=O) groups is 1. The first-order valence-electron chi connectivity index (χ1n) is 5.43. The Morgan fingerprint density at radius 2 is 2.20 bits per heavy atom. The Morgan fingerprint density at radius 1 is 1.53 bits per heavy atom. The lowest BCUT2D eigenvalue weighted by Gasteiger charge is -2.35. The van der Waals surface area contributed by atoms with Crippen molar-refractivity contribution in [1.82, 2.24) is 10.2 Å². The summed E-state index contributed by atoms with van der Waals surface area (Å²) in [6, 6.07) is 0.0905. The van der Waals surface area contributed by atoms with E-state index < -0.39 is 0 Å². The standard InChI is InChI=1S/C10H21N3O2/c1-7(2)12-10(14)13-4-5-15-9(6-13)8(3)11/h7-9H,4-6,11H2,1-3H3,(H,12,14). The maximum Gasteiger partial charge on any atom is 0.317 e. The zero-order valence-corrected chi connectivity index (χ0v) is 9.69. The first-order valence-corrected chi connectivity index (χ1v) is 5.43. The zero-order chi connectivity index (χ0) is 11.4. The normalized spacial score (nSPS) is 24.1. The van der Waals surface area contributed by atoms with Gasteiger partial charge in [-0.05, 0) is 20.8 Å². The highest BCUT2D eigenvalue weighted by molar-refractivity contribution is 5.74. The molecule has 0 saturated carbocycles. The molecule has 5 heteroatoms. The molecular formula is C10H21N3O2. The Bertz CT molecular complexity index is 219. The van der Waals surface area contributed by atoms with Crippen molar-refractivity contribution in [2.24, 2.45) is 5.73 Å². The second kappa shape index (κ2) is 5.32. The van der Waals surface area contributed by atoms with E-state index in [9.17, 15) is 4.79 Å². The predicted molar refractivity (Wildman–Crippen MR) is 58.6 cm³/mol. The van der Waals surface area contributed by atoms with E-state index in [4.69, 9.17) is 10.5 Å². The van der Waals surface area contributed by atoms with E-state index in [2.05, 4.69) is 5.32 Å². The third-order valence-corrected chi connectivity index (χ3v) is 2.38. The second-order valence-electron chi connectivity index (χ2n) is 4.32. The highest BCUT2D eigenvalue weighted by Crippen LogP contribution is 2.07. The maximum atomic E-state index is 11.7. The molecule has 2 atom stereocenters. The zero-order valence-electron chi connectivity index (χ0n) is 9.69. The third kappa shape index (κ3) is 3.68. The Kier molecular flexibility index (Phi) is 4.35. The van der Waals surface area contributed by atoms with Gasteiger partial charge in [-0.3, -0.25) is 0 Å². The summed E-state index contributed by atoms with van der Waals surface area (Å²) in [5.41, 5.74) is 5.75. The molecule has 0 aromatic heterocycles. The summed E-state index contributed by atoms with van der Waals surface area (Å²) in [6.07, 6.45) is -0.0448. The van der Waals surface area contributed by atoms with Crippen LogP contribution in [0.3, 0.4) is 0 Å². The van der Waals surface area contributed by atoms with Gasteiger partial charge >= 0.3 is 6.03 Å². The highest BCUT2D eigenvalue weighted by atomic mass is 16.5. The first kappa shape index (κ1) is 12.3. The Morgan fingerprint density at radius 3 is 2.73 bits per heavy atom. The van der Waals surface area contributed by atoms with E-state index in [1.165, 1.54) is 0 Å². The van der Waals surface area contributed by atoms with Crippen molar-refractivity contribution >= 4 is 6.03 Å². The molecule has 2 amide bonds. The van der Waals surface area contributed by atoms with Crippen LogP contribution in [0.4, 0.5) is 4.79 Å². The lowest BCUT2D eigenvalue weighted by atomic mass is 10.1. The van der Waals surface area contributed by atoms with Gasteiger partial charge in [0.1, 0.15) is 0 Å². The number of amides is 2. The molecule has 1 rings (SSSR count). The molecule has 15 heavy (non-hydrogen) atoms. The number of urea groups is 1. The van der Waals surface area contributed by atoms with Crippen LogP contribution in [-0.2, 0) is 4.74 Å². The molecule has 0 aromatic carbocycles. The molecule has 88 valence electrons. The van der Waals surface area contributed by atoms with Gasteiger partial charge in [-0.2, -0.15) is 0 Å². The number of nitrogens with one attached hydrogen (secondary N) is 1. The second-order valence-corrected chi connectivity index (χ2v) is 4.32. The predicted octanol–water partition coefficient (Wildman–Crippen LogP) is 0.152. The van der Waals surface area contributed by atoms with Crippen molar-refractivity contribution in [2.75, 3.05) is 19.7 Å². The van der Waals surface area contributed by atoms with Crippen LogP contribution in [0.1, 0.15) is 20.8 Å². The number of carbonyl (C=O) groups excluding carboxylic acids is 1. The van der Waals surface area contributed by atoms with Crippen LogP contribution < -0.4 is 11.1 Å². The molecule has 0 aromatic rings. The number of hydrogen-bond acceptors (Lipinski definition) is 3. The SMILES string of the molecule is CC(C)NC(=O)N1CCOC(C(C)N)C1. The van der Waals surface area contributed by atoms with Crippen LogP contribution in [0.2, 0.25) is 0 Å². The number of nitrogens with two attached hydrogens (primary N) is 1. The molecule has 1 saturated heterocycles. The molecule has 0 aliphatic carbocycles. The Hall–Kier alpha value is -0.810. The van der Waals surface area contributed by atoms with Gasteiger partial charge < -0.3 is 20.7 Å². The summed E-state index contributed by atoms with van der Waals surface area (Å²) < 4.78 is 5.48. The van der Waals surface area contributed by atoms with Gasteiger partial charge in [-0.15, -0.1) is 0 Å². The smallest absolute Gasteiger partial charge is 0.317 e. The topological polar surface area (TPSA) is 67.6 Å². The maximum absolute atomic E-state index is 11.7. The van der Waals surface area contributed by atoms with Gasteiger partial charge in [-0.1, -0.05) is 0 Å². The van der Waals surface area contributed by atoms with E-state index in [0.29, 0.717) is 19.7 Å². The summed E-state index contributed by atoms with van der Waals surface area (Å²) in [5.74, 6) is 0. The van der Waals surface area contributed by atoms with Crippen LogP contribution in [0.25, 0.3) is 0 Å². The van der Waals surface area contributed by atoms with Crippen LogP contribution in [-0.4, -0.2) is 48.8 Å². The molecule has 1 aliphatic rings. The van der Waals surface area contributed by atoms with Gasteiger partial charge in [-0.25, -0.2) is 4.79 Å². The summed E-state index contributed by atoms with van der Waals surface area (Å²) in [6.45, 7) is 7.58. The van der Waals surface area contributed by atoms with E-state index in [1.54, 1.807) is 4.90 Å². The van der Waals surface area contributed by atoms with Crippen molar-refractivity contribution in [3.8, 4) is 0 Å². The first-order chi connectivity index (χ1) is 7.00. The van der Waals surface area contributed by atoms with Crippen molar-refractivity contribution in [3.05, 3.63) is 0 Å². The molecule has 1 fully saturated rings. The minimum Gasteiger partial charge on any atom is -0.373 e. The number of nitrogens with zero attached hydrogens (tertiary/aromatic N) is 1. The van der Waals surface area contributed by atoms with Gasteiger partial charge in [0.25, 0.3) is 0 Å². The molecule has 1 heterocycles. The van der Waals surface area contributed by atoms with Crippen LogP contribution in [0.5, 0.6) is 0 Å². The van der Waals surface area contributed by atoms with Crippen LogP contribution in [0.15, 0.2) is 0 Å². The highest BCUT2D eigenvalue weighted by Gasteiger charge is 2.26. The van der Waals surface area contributed by atoms with E-state index >= 15 is 0 Å². The van der Waals surface area contributed by atoms with E-state index in [-0.39, 0.29) is 24.2 Å². The van der Waals surface area contributed by atoms with Gasteiger partial charge in [0.15, 0.2) is 0 Å². The molecule has 5 nitrogen and oxygen atoms in total. The molecule has 3 N–H and O–H groups in total. The molecular weight excluding hydrogens is 194 g/mol. The van der Waals surface area contributed by atoms with Crippen molar-refractivity contribution in [2.45, 2.75) is 39.0 Å². The lowest BCUT2D eigenvalue weighted by molar-refractivity contribution is -0.0239. The Labute approximate surface area is 90.9 Å². The molecule has 1 aliphatic heterocycles. The number of ether oxygens (including phenoxy) is 1. The summed E-state index contributed by atoms with van der Waals surface area (Å²) in [4.78, 5) is 13.5. The van der Waals surface area contributed by atoms with Crippen molar-refractivity contribution in [3.63, 3.8) is 0 Å². The fourth-order valence-electron chi connectivity index (χ4n) is 1.52. The lowest BCUT2D eigenvalue weighted by Crippen LogP contribution is -2.54. The quantitative estimate of drug-likeness (QED) is 0.689. The minimum absolute atomic E-state index is 0.0287. The van der Waals surface area contributed by atoms with Crippen molar-refractivity contribution in [1.29, 1.82) is 0 Å². The van der Waals surface area contributed by atoms with Gasteiger partial charge in [0, 0.05) is 18.6 Å². The fourth-order valence-corrected chi connectivity index (χ4v) is 1.52. The monoisotopic (exact) mass is 215 g/mol. The summed E-state index contributed by atoms with van der Waals surface area (Å²) in [5, 5.41) is 2.86. The molecule has 2 unspecified atom stereocenters. The average Bonchev–Trinajstić information content (AvgIpc) is 2.17. The fraction of sp³-hybridized carbons (Fsp3) is 0.900. The minimum atomic E-state index is -0.0448. The summed E-state index contributed by atoms with van der Waals surface area (Å²) >= 11 is 0. The van der Waals surface area contributed by atoms with Crippen LogP contribution in [0, 0.1) is 0 Å². The average molecular weight is 215 g/mol. The summed E-state index contributed by atoms with van der Waals surface area (Å²) in [7, 11) is 0. The Balaban J connectivity index is 2.45. The van der Waals surface area contributed by atoms with E-state index in [1.807, 2.05) is 20.8 Å². The molecule has 0 bridgehead atoms. The largest absolute Gasteiger partial charge is 0.373 e. The molecule has 0 spiro atoms. The van der Waals surface area contributed by atoms with Crippen molar-refractivity contribution < 1.29 is 9.53 Å². The van der Waals surface area contributed by atoms with Gasteiger partial charge in [0.05, 0.1) is 19.3 Å². The molecule has 0 radical (unpaired) electrons. The number of hydrogen-bond donors (Lipinski definition) is 2. The number of morpholine rings is 1.